The van der Waals surface area contributed by atoms with Gasteiger partial charge in [0.1, 0.15) is 0 Å². The average Bonchev–Trinajstić information content (AvgIpc) is 2.26. The number of carbonyl (C=O) groups is 1. The summed E-state index contributed by atoms with van der Waals surface area (Å²) in [5.74, 6) is 0. The fourth-order valence-corrected chi connectivity index (χ4v) is 2.69. The van der Waals surface area contributed by atoms with Crippen LogP contribution in [0.1, 0.15) is 10.4 Å². The molecule has 0 atom stereocenters. The Morgan fingerprint density at radius 2 is 1.62 bits per heavy atom. The average molecular weight is 255 g/mol. The first-order valence-corrected chi connectivity index (χ1v) is 6.76. The Bertz CT molecular complexity index is 662. The molecule has 0 spiro atoms. The fourth-order valence-electron chi connectivity index (χ4n) is 1.61. The molecule has 0 aliphatic rings. The predicted molar refractivity (Wildman–Crippen MR) is 62.4 cm³/mol. The summed E-state index contributed by atoms with van der Waals surface area (Å²) in [6, 6.07) is 9.53. The molecule has 0 aliphatic heterocycles. The maximum atomic E-state index is 11.3. The number of hydrogen-bond acceptors (Lipinski definition) is 3. The van der Waals surface area contributed by atoms with Gasteiger partial charge in [0.25, 0.3) is 9.05 Å². The molecule has 2 aromatic carbocycles. The molecule has 16 heavy (non-hydrogen) atoms. The zero-order chi connectivity index (χ0) is 11.8. The molecule has 0 saturated carbocycles. The Morgan fingerprint density at radius 1 is 1.00 bits per heavy atom. The van der Waals surface area contributed by atoms with E-state index in [-0.39, 0.29) is 4.90 Å². The van der Waals surface area contributed by atoms with Crippen LogP contribution in [-0.4, -0.2) is 14.7 Å². The van der Waals surface area contributed by atoms with Gasteiger partial charge in [-0.15, -0.1) is 0 Å². The van der Waals surface area contributed by atoms with E-state index in [1.54, 1.807) is 24.3 Å². The number of carbonyl (C=O) groups excluding carboxylic acids is 1. The highest BCUT2D eigenvalue weighted by molar-refractivity contribution is 8.14. The number of fused-ring (bicyclic) bond motifs is 1. The van der Waals surface area contributed by atoms with Crippen LogP contribution in [-0.2, 0) is 9.05 Å². The van der Waals surface area contributed by atoms with Gasteiger partial charge < -0.3 is 0 Å². The third kappa shape index (κ3) is 1.81. The SMILES string of the molecule is O=Cc1ccc(S(=O)(=O)Cl)c2ccccc12. The molecule has 0 fully saturated rings. The first kappa shape index (κ1) is 11.1. The molecule has 0 amide bonds. The molecule has 82 valence electrons. The molecule has 0 bridgehead atoms. The second-order valence-corrected chi connectivity index (χ2v) is 5.79. The maximum Gasteiger partial charge on any atom is 0.261 e. The smallest absolute Gasteiger partial charge is 0.261 e. The lowest BCUT2D eigenvalue weighted by Gasteiger charge is -2.04. The minimum absolute atomic E-state index is 0.0235. The highest BCUT2D eigenvalue weighted by atomic mass is 35.7. The van der Waals surface area contributed by atoms with Crippen LogP contribution in [0.4, 0.5) is 0 Å². The number of halogens is 1. The van der Waals surface area contributed by atoms with Crippen molar-refractivity contribution < 1.29 is 13.2 Å². The van der Waals surface area contributed by atoms with Crippen molar-refractivity contribution in [2.75, 3.05) is 0 Å². The topological polar surface area (TPSA) is 51.2 Å². The van der Waals surface area contributed by atoms with Gasteiger partial charge in [-0.05, 0) is 17.5 Å². The van der Waals surface area contributed by atoms with Gasteiger partial charge in [0.15, 0.2) is 6.29 Å². The Labute approximate surface area is 97.1 Å². The molecular formula is C11H7ClO3S. The van der Waals surface area contributed by atoms with E-state index in [1.807, 2.05) is 0 Å². The van der Waals surface area contributed by atoms with Crippen molar-refractivity contribution in [3.63, 3.8) is 0 Å². The van der Waals surface area contributed by atoms with E-state index < -0.39 is 9.05 Å². The maximum absolute atomic E-state index is 11.3. The van der Waals surface area contributed by atoms with Crippen LogP contribution in [0.15, 0.2) is 41.3 Å². The van der Waals surface area contributed by atoms with E-state index in [0.717, 1.165) is 0 Å². The molecule has 2 aromatic rings. The summed E-state index contributed by atoms with van der Waals surface area (Å²) in [6.45, 7) is 0. The van der Waals surface area contributed by atoms with Crippen molar-refractivity contribution in [1.82, 2.24) is 0 Å². The van der Waals surface area contributed by atoms with Crippen LogP contribution in [0, 0.1) is 0 Å². The van der Waals surface area contributed by atoms with Crippen LogP contribution in [0.25, 0.3) is 10.8 Å². The molecule has 0 unspecified atom stereocenters. The van der Waals surface area contributed by atoms with Gasteiger partial charge in [-0.2, -0.15) is 0 Å². The van der Waals surface area contributed by atoms with Crippen LogP contribution < -0.4 is 0 Å². The predicted octanol–water partition coefficient (Wildman–Crippen LogP) is 2.58. The van der Waals surface area contributed by atoms with Crippen LogP contribution in [0.3, 0.4) is 0 Å². The van der Waals surface area contributed by atoms with E-state index >= 15 is 0 Å². The van der Waals surface area contributed by atoms with Crippen molar-refractivity contribution in [1.29, 1.82) is 0 Å². The first-order valence-electron chi connectivity index (χ1n) is 4.45. The molecule has 2 rings (SSSR count). The fraction of sp³-hybridized carbons (Fsp3) is 0. The van der Waals surface area contributed by atoms with Gasteiger partial charge in [0.05, 0.1) is 4.90 Å². The minimum atomic E-state index is -3.80. The van der Waals surface area contributed by atoms with Crippen molar-refractivity contribution >= 4 is 36.8 Å². The lowest BCUT2D eigenvalue weighted by Crippen LogP contribution is -1.94. The molecule has 0 heterocycles. The third-order valence-corrected chi connectivity index (χ3v) is 3.69. The van der Waals surface area contributed by atoms with Gasteiger partial charge in [-0.25, -0.2) is 8.42 Å². The van der Waals surface area contributed by atoms with Crippen LogP contribution in [0.5, 0.6) is 0 Å². The highest BCUT2D eigenvalue weighted by Crippen LogP contribution is 2.27. The molecule has 0 N–H and O–H groups in total. The Morgan fingerprint density at radius 3 is 2.19 bits per heavy atom. The van der Waals surface area contributed by atoms with E-state index in [2.05, 4.69) is 0 Å². The summed E-state index contributed by atoms with van der Waals surface area (Å²) in [7, 11) is 1.52. The van der Waals surface area contributed by atoms with Gasteiger partial charge in [0.2, 0.25) is 0 Å². The number of rotatable bonds is 2. The summed E-state index contributed by atoms with van der Waals surface area (Å²) >= 11 is 0. The van der Waals surface area contributed by atoms with Gasteiger partial charge in [-0.3, -0.25) is 4.79 Å². The van der Waals surface area contributed by atoms with Crippen molar-refractivity contribution in [3.8, 4) is 0 Å². The molecule has 5 heteroatoms. The molecule has 0 aromatic heterocycles. The number of aldehydes is 1. The number of hydrogen-bond donors (Lipinski definition) is 0. The van der Waals surface area contributed by atoms with E-state index in [0.29, 0.717) is 22.6 Å². The minimum Gasteiger partial charge on any atom is -0.298 e. The summed E-state index contributed by atoms with van der Waals surface area (Å²) in [5, 5.41) is 1.04. The van der Waals surface area contributed by atoms with Crippen molar-refractivity contribution in [2.45, 2.75) is 4.90 Å². The Balaban J connectivity index is 2.96. The zero-order valence-corrected chi connectivity index (χ0v) is 9.62. The van der Waals surface area contributed by atoms with Gasteiger partial charge in [-0.1, -0.05) is 24.3 Å². The second kappa shape index (κ2) is 3.88. The van der Waals surface area contributed by atoms with Crippen molar-refractivity contribution in [3.05, 3.63) is 42.0 Å². The molecule has 0 radical (unpaired) electrons. The lowest BCUT2D eigenvalue weighted by atomic mass is 10.1. The summed E-state index contributed by atoms with van der Waals surface area (Å²) in [6.07, 6.45) is 0.687. The summed E-state index contributed by atoms with van der Waals surface area (Å²) in [5.41, 5.74) is 0.444. The standard InChI is InChI=1S/C11H7ClO3S/c12-16(14,15)11-6-5-8(7-13)9-3-1-2-4-10(9)11/h1-7H. The Kier molecular flexibility index (Phi) is 2.69. The van der Waals surface area contributed by atoms with E-state index in [4.69, 9.17) is 10.7 Å². The quantitative estimate of drug-likeness (QED) is 0.611. The van der Waals surface area contributed by atoms with Gasteiger partial charge in [0, 0.05) is 21.6 Å². The second-order valence-electron chi connectivity index (χ2n) is 3.25. The summed E-state index contributed by atoms with van der Waals surface area (Å²) < 4.78 is 22.6. The molecule has 3 nitrogen and oxygen atoms in total. The van der Waals surface area contributed by atoms with E-state index in [1.165, 1.54) is 12.1 Å². The lowest BCUT2D eigenvalue weighted by molar-refractivity contribution is 0.112. The van der Waals surface area contributed by atoms with Crippen LogP contribution in [0.2, 0.25) is 0 Å². The monoisotopic (exact) mass is 254 g/mol. The third-order valence-electron chi connectivity index (χ3n) is 2.31. The van der Waals surface area contributed by atoms with Gasteiger partial charge >= 0.3 is 0 Å². The summed E-state index contributed by atoms with van der Waals surface area (Å²) in [4.78, 5) is 10.8. The zero-order valence-electron chi connectivity index (χ0n) is 8.05. The number of benzene rings is 2. The van der Waals surface area contributed by atoms with Crippen molar-refractivity contribution in [2.24, 2.45) is 0 Å². The van der Waals surface area contributed by atoms with E-state index in [9.17, 15) is 13.2 Å². The highest BCUT2D eigenvalue weighted by Gasteiger charge is 2.15. The molecule has 0 saturated heterocycles. The molecular weight excluding hydrogens is 248 g/mol. The first-order chi connectivity index (χ1) is 7.54. The normalized spacial score (nSPS) is 11.6. The Hall–Kier alpha value is -1.39. The molecule has 0 aliphatic carbocycles. The largest absolute Gasteiger partial charge is 0.298 e. The van der Waals surface area contributed by atoms with Crippen LogP contribution >= 0.6 is 10.7 Å².